The van der Waals surface area contributed by atoms with Gasteiger partial charge < -0.3 is 20.0 Å². The molecule has 0 aliphatic heterocycles. The number of rotatable bonds is 8. The normalized spacial score (nSPS) is 12.2. The van der Waals surface area contributed by atoms with E-state index in [1.807, 2.05) is 37.4 Å². The minimum absolute atomic E-state index is 0.154. The Bertz CT molecular complexity index is 553. The first-order valence-corrected chi connectivity index (χ1v) is 7.63. The van der Waals surface area contributed by atoms with Crippen molar-refractivity contribution >= 4 is 11.8 Å². The molecule has 2 rings (SSSR count). The highest BCUT2D eigenvalue weighted by Crippen LogP contribution is 2.12. The van der Waals surface area contributed by atoms with Crippen molar-refractivity contribution in [2.75, 3.05) is 19.4 Å². The van der Waals surface area contributed by atoms with Crippen LogP contribution in [0.1, 0.15) is 5.69 Å². The summed E-state index contributed by atoms with van der Waals surface area (Å²) in [7, 11) is 1.93. The third-order valence-electron chi connectivity index (χ3n) is 2.83. The van der Waals surface area contributed by atoms with E-state index in [0.717, 1.165) is 22.9 Å². The van der Waals surface area contributed by atoms with E-state index in [1.165, 1.54) is 0 Å². The number of hydrogen-bond donors (Lipinski definition) is 3. The average molecular weight is 293 g/mol. The predicted octanol–water partition coefficient (Wildman–Crippen LogP) is 1.60. The zero-order valence-electron chi connectivity index (χ0n) is 11.4. The molecule has 0 spiro atoms. The van der Waals surface area contributed by atoms with Crippen LogP contribution in [-0.2, 0) is 5.75 Å². The smallest absolute Gasteiger partial charge is 0.323 e. The van der Waals surface area contributed by atoms with E-state index in [-0.39, 0.29) is 11.7 Å². The lowest BCUT2D eigenvalue weighted by molar-refractivity contribution is 0.282. The third kappa shape index (κ3) is 4.79. The van der Waals surface area contributed by atoms with Crippen molar-refractivity contribution in [2.24, 2.45) is 0 Å². The van der Waals surface area contributed by atoms with Crippen LogP contribution in [0.25, 0.3) is 0 Å². The maximum atomic E-state index is 11.0. The van der Waals surface area contributed by atoms with Crippen molar-refractivity contribution in [3.63, 3.8) is 0 Å². The Hall–Kier alpha value is -1.66. The Morgan fingerprint density at radius 1 is 1.35 bits per heavy atom. The maximum Gasteiger partial charge on any atom is 0.323 e. The van der Waals surface area contributed by atoms with Gasteiger partial charge in [0, 0.05) is 23.4 Å². The molecule has 2 aromatic rings. The summed E-state index contributed by atoms with van der Waals surface area (Å²) >= 11 is 1.75. The fourth-order valence-electron chi connectivity index (χ4n) is 1.69. The highest BCUT2D eigenvalue weighted by atomic mass is 32.2. The number of likely N-dealkylation sites (N-methyl/N-ethyl adjacent to an activating group) is 1. The number of aromatic amines is 2. The number of para-hydroxylation sites is 1. The van der Waals surface area contributed by atoms with Gasteiger partial charge in [-0.05, 0) is 19.2 Å². The number of benzene rings is 1. The molecule has 1 heterocycles. The van der Waals surface area contributed by atoms with Crippen molar-refractivity contribution in [3.05, 3.63) is 52.7 Å². The minimum atomic E-state index is -0.154. The zero-order chi connectivity index (χ0) is 14.2. The first kappa shape index (κ1) is 14.7. The van der Waals surface area contributed by atoms with Crippen molar-refractivity contribution < 1.29 is 4.74 Å². The van der Waals surface area contributed by atoms with Crippen LogP contribution in [0.4, 0.5) is 0 Å². The fraction of sp³-hybridized carbons (Fsp3) is 0.357. The van der Waals surface area contributed by atoms with Crippen molar-refractivity contribution in [1.82, 2.24) is 15.3 Å². The third-order valence-corrected chi connectivity index (χ3v) is 3.98. The van der Waals surface area contributed by atoms with Crippen molar-refractivity contribution in [3.8, 4) is 5.75 Å². The predicted molar refractivity (Wildman–Crippen MR) is 82.4 cm³/mol. The van der Waals surface area contributed by atoms with E-state index in [0.29, 0.717) is 6.61 Å². The topological polar surface area (TPSA) is 69.9 Å². The molecule has 6 heteroatoms. The molecule has 20 heavy (non-hydrogen) atoms. The Morgan fingerprint density at radius 2 is 2.15 bits per heavy atom. The first-order valence-electron chi connectivity index (χ1n) is 6.47. The van der Waals surface area contributed by atoms with Crippen LogP contribution in [0, 0.1) is 0 Å². The van der Waals surface area contributed by atoms with Crippen LogP contribution in [0.2, 0.25) is 0 Å². The second-order valence-electron chi connectivity index (χ2n) is 4.39. The van der Waals surface area contributed by atoms with Gasteiger partial charge in [0.25, 0.3) is 0 Å². The zero-order valence-corrected chi connectivity index (χ0v) is 12.2. The average Bonchev–Trinajstić information content (AvgIpc) is 2.89. The number of nitrogens with one attached hydrogen (secondary N) is 3. The van der Waals surface area contributed by atoms with Gasteiger partial charge in [0.05, 0.1) is 6.04 Å². The molecule has 1 atom stereocenters. The summed E-state index contributed by atoms with van der Waals surface area (Å²) in [6.45, 7) is 0.622. The summed E-state index contributed by atoms with van der Waals surface area (Å²) in [5.74, 6) is 2.58. The second-order valence-corrected chi connectivity index (χ2v) is 5.42. The lowest BCUT2D eigenvalue weighted by atomic mass is 10.3. The van der Waals surface area contributed by atoms with E-state index in [4.69, 9.17) is 4.74 Å². The van der Waals surface area contributed by atoms with Crippen LogP contribution in [-0.4, -0.2) is 35.4 Å². The summed E-state index contributed by atoms with van der Waals surface area (Å²) in [5, 5.41) is 3.24. The van der Waals surface area contributed by atoms with Gasteiger partial charge in [-0.15, -0.1) is 0 Å². The molecule has 0 saturated carbocycles. The lowest BCUT2D eigenvalue weighted by Gasteiger charge is -2.16. The number of aromatic nitrogens is 2. The molecule has 0 fully saturated rings. The number of ether oxygens (including phenoxy) is 1. The summed E-state index contributed by atoms with van der Waals surface area (Å²) in [6, 6.07) is 10.1. The molecule has 0 saturated heterocycles. The first-order chi connectivity index (χ1) is 9.78. The van der Waals surface area contributed by atoms with E-state index in [9.17, 15) is 4.79 Å². The molecule has 1 aromatic heterocycles. The quantitative estimate of drug-likeness (QED) is 0.691. The second kappa shape index (κ2) is 7.81. The summed E-state index contributed by atoms with van der Waals surface area (Å²) < 4.78 is 5.73. The molecule has 0 aliphatic carbocycles. The maximum absolute atomic E-state index is 11.0. The summed E-state index contributed by atoms with van der Waals surface area (Å²) in [6.07, 6.45) is 1.71. The SMILES string of the molecule is CNC(COc1ccccc1)CSCc1c[nH]c(=O)[nH]1. The van der Waals surface area contributed by atoms with Gasteiger partial charge in [-0.3, -0.25) is 0 Å². The van der Waals surface area contributed by atoms with Crippen molar-refractivity contribution in [1.29, 1.82) is 0 Å². The van der Waals surface area contributed by atoms with Crippen LogP contribution >= 0.6 is 11.8 Å². The standard InChI is InChI=1S/C14H19N3O2S/c1-15-12(8-19-13-5-3-2-4-6-13)10-20-9-11-7-16-14(18)17-11/h2-7,12,15H,8-10H2,1H3,(H2,16,17,18). The number of H-pyrrole nitrogens is 2. The van der Waals surface area contributed by atoms with Gasteiger partial charge in [0.15, 0.2) is 0 Å². The fourth-order valence-corrected chi connectivity index (χ4v) is 2.73. The highest BCUT2D eigenvalue weighted by Gasteiger charge is 2.08. The van der Waals surface area contributed by atoms with Gasteiger partial charge >= 0.3 is 5.69 Å². The van der Waals surface area contributed by atoms with Gasteiger partial charge in [0.1, 0.15) is 12.4 Å². The highest BCUT2D eigenvalue weighted by molar-refractivity contribution is 7.98. The van der Waals surface area contributed by atoms with E-state index < -0.39 is 0 Å². The Labute approximate surface area is 122 Å². The van der Waals surface area contributed by atoms with Crippen LogP contribution in [0.15, 0.2) is 41.3 Å². The van der Waals surface area contributed by atoms with Gasteiger partial charge in [-0.1, -0.05) is 18.2 Å². The van der Waals surface area contributed by atoms with E-state index in [2.05, 4.69) is 15.3 Å². The van der Waals surface area contributed by atoms with Gasteiger partial charge in [-0.2, -0.15) is 11.8 Å². The number of imidazole rings is 1. The molecule has 0 amide bonds. The molecule has 0 bridgehead atoms. The molecule has 1 unspecified atom stereocenters. The molecular weight excluding hydrogens is 274 g/mol. The van der Waals surface area contributed by atoms with Crippen molar-refractivity contribution in [2.45, 2.75) is 11.8 Å². The molecule has 3 N–H and O–H groups in total. The Balaban J connectivity index is 1.71. The van der Waals surface area contributed by atoms with Crippen LogP contribution in [0.5, 0.6) is 5.75 Å². The molecular formula is C14H19N3O2S. The number of thioether (sulfide) groups is 1. The van der Waals surface area contributed by atoms with E-state index >= 15 is 0 Å². The van der Waals surface area contributed by atoms with Gasteiger partial charge in [0.2, 0.25) is 0 Å². The lowest BCUT2D eigenvalue weighted by Crippen LogP contribution is -2.34. The van der Waals surface area contributed by atoms with Gasteiger partial charge in [-0.25, -0.2) is 4.79 Å². The van der Waals surface area contributed by atoms with Crippen LogP contribution < -0.4 is 15.7 Å². The summed E-state index contributed by atoms with van der Waals surface area (Å²) in [5.41, 5.74) is 0.761. The molecule has 0 radical (unpaired) electrons. The molecule has 108 valence electrons. The molecule has 1 aromatic carbocycles. The Kier molecular flexibility index (Phi) is 5.76. The molecule has 5 nitrogen and oxygen atoms in total. The minimum Gasteiger partial charge on any atom is -0.492 e. The molecule has 0 aliphatic rings. The summed E-state index contributed by atoms with van der Waals surface area (Å²) in [4.78, 5) is 16.3. The van der Waals surface area contributed by atoms with E-state index in [1.54, 1.807) is 18.0 Å². The van der Waals surface area contributed by atoms with Crippen LogP contribution in [0.3, 0.4) is 0 Å². The number of hydrogen-bond acceptors (Lipinski definition) is 4. The monoisotopic (exact) mass is 293 g/mol. The largest absolute Gasteiger partial charge is 0.492 e. The Morgan fingerprint density at radius 3 is 2.80 bits per heavy atom.